The van der Waals surface area contributed by atoms with Crippen molar-refractivity contribution in [3.63, 3.8) is 0 Å². The summed E-state index contributed by atoms with van der Waals surface area (Å²) in [5, 5.41) is 1.24. The molecule has 0 saturated heterocycles. The fourth-order valence-electron chi connectivity index (χ4n) is 8.04. The van der Waals surface area contributed by atoms with Crippen molar-refractivity contribution in [1.82, 2.24) is 4.57 Å². The number of rotatable bonds is 8. The first-order chi connectivity index (χ1) is 27.8. The Morgan fingerprint density at radius 1 is 0.518 bits per heavy atom. The predicted molar refractivity (Wildman–Crippen MR) is 243 cm³/mol. The number of hydrogen-bond acceptors (Lipinski definition) is 1. The van der Waals surface area contributed by atoms with Crippen LogP contribution in [0.4, 0.5) is 11.4 Å². The van der Waals surface area contributed by atoms with Crippen molar-refractivity contribution >= 4 is 22.3 Å². The minimum Gasteiger partial charge on any atom is -0.315 e. The van der Waals surface area contributed by atoms with E-state index in [1.54, 1.807) is 0 Å². The van der Waals surface area contributed by atoms with E-state index < -0.39 is 0 Å². The molecular formula is C54H54N2. The van der Waals surface area contributed by atoms with Crippen LogP contribution in [0.15, 0.2) is 199 Å². The van der Waals surface area contributed by atoms with E-state index in [1.165, 1.54) is 92.0 Å². The van der Waals surface area contributed by atoms with Gasteiger partial charge in [-0.3, -0.25) is 0 Å². The summed E-state index contributed by atoms with van der Waals surface area (Å²) in [4.78, 5) is 2.48. The highest BCUT2D eigenvalue weighted by molar-refractivity contribution is 5.89. The minimum absolute atomic E-state index is 0.613. The maximum absolute atomic E-state index is 2.49. The second kappa shape index (κ2) is 18.5. The lowest BCUT2D eigenvalue weighted by atomic mass is 9.83. The van der Waals surface area contributed by atoms with E-state index in [0.717, 1.165) is 12.8 Å². The SMILES string of the molecule is C1=CC(C2CC=C(N(c3ccc(-c4ccccc4)cc3)c3ccc(-c4ccc(-c5cc6ccccc6n5-c5ccccc5)cc4)cc3)CC2)=CCC1.CC.CC. The highest BCUT2D eigenvalue weighted by Gasteiger charge is 2.23. The number of nitrogens with zero attached hydrogens (tertiary/aromatic N) is 2. The van der Waals surface area contributed by atoms with Crippen molar-refractivity contribution in [2.45, 2.75) is 59.8 Å². The normalized spacial score (nSPS) is 14.8. The van der Waals surface area contributed by atoms with Gasteiger partial charge < -0.3 is 9.47 Å². The number of anilines is 2. The van der Waals surface area contributed by atoms with E-state index in [0.29, 0.717) is 5.92 Å². The molecule has 0 saturated carbocycles. The first kappa shape index (κ1) is 38.2. The maximum Gasteiger partial charge on any atom is 0.0540 e. The second-order valence-corrected chi connectivity index (χ2v) is 14.0. The summed E-state index contributed by atoms with van der Waals surface area (Å²) in [6, 6.07) is 59.5. The predicted octanol–water partition coefficient (Wildman–Crippen LogP) is 15.8. The van der Waals surface area contributed by atoms with Crippen molar-refractivity contribution in [1.29, 1.82) is 0 Å². The molecule has 0 bridgehead atoms. The quantitative estimate of drug-likeness (QED) is 0.151. The average molecular weight is 731 g/mol. The smallest absolute Gasteiger partial charge is 0.0540 e. The summed E-state index contributed by atoms with van der Waals surface area (Å²) in [7, 11) is 0. The van der Waals surface area contributed by atoms with Crippen molar-refractivity contribution in [2.75, 3.05) is 4.90 Å². The molecule has 0 N–H and O–H groups in total. The zero-order valence-corrected chi connectivity index (χ0v) is 33.4. The lowest BCUT2D eigenvalue weighted by Crippen LogP contribution is -2.21. The molecule has 1 heterocycles. The average Bonchev–Trinajstić information content (AvgIpc) is 3.69. The molecule has 7 aromatic rings. The van der Waals surface area contributed by atoms with Crippen molar-refractivity contribution in [2.24, 2.45) is 5.92 Å². The summed E-state index contributed by atoms with van der Waals surface area (Å²) in [6.45, 7) is 8.00. The molecular weight excluding hydrogens is 677 g/mol. The first-order valence-electron chi connectivity index (χ1n) is 20.7. The van der Waals surface area contributed by atoms with Gasteiger partial charge in [0, 0.05) is 28.1 Å². The molecule has 1 unspecified atom stereocenters. The fourth-order valence-corrected chi connectivity index (χ4v) is 8.04. The standard InChI is InChI=1S/C50H42N2.2C2H6/c1-4-12-37(13-5-1)40-24-30-46(31-25-40)51(47-32-26-41(27-33-47)38-14-6-2-7-15-38)48-34-28-42(29-35-48)39-20-22-43(23-21-39)50-36-44-16-10-11-19-49(44)52(50)45-17-8-3-9-18-45;2*1-2/h1,3-6,8-25,28-32,34-36,41H,2,7,26-27,33H2;2*1-2H3. The second-order valence-electron chi connectivity index (χ2n) is 14.0. The molecule has 280 valence electrons. The van der Waals surface area contributed by atoms with E-state index >= 15 is 0 Å². The van der Waals surface area contributed by atoms with Gasteiger partial charge in [-0.1, -0.05) is 167 Å². The molecule has 0 spiro atoms. The Morgan fingerprint density at radius 3 is 1.62 bits per heavy atom. The highest BCUT2D eigenvalue weighted by Crippen LogP contribution is 2.40. The van der Waals surface area contributed by atoms with Gasteiger partial charge >= 0.3 is 0 Å². The van der Waals surface area contributed by atoms with Crippen LogP contribution in [0.2, 0.25) is 0 Å². The third-order valence-electron chi connectivity index (χ3n) is 10.8. The van der Waals surface area contributed by atoms with Gasteiger partial charge in [0.25, 0.3) is 0 Å². The van der Waals surface area contributed by atoms with Crippen LogP contribution in [-0.2, 0) is 0 Å². The number of aromatic nitrogens is 1. The van der Waals surface area contributed by atoms with Gasteiger partial charge in [-0.15, -0.1) is 0 Å². The van der Waals surface area contributed by atoms with Crippen LogP contribution in [0.3, 0.4) is 0 Å². The van der Waals surface area contributed by atoms with Crippen molar-refractivity contribution in [3.8, 4) is 39.2 Å². The van der Waals surface area contributed by atoms with Crippen LogP contribution >= 0.6 is 0 Å². The minimum atomic E-state index is 0.613. The summed E-state index contributed by atoms with van der Waals surface area (Å²) in [6.07, 6.45) is 15.3. The Bertz CT molecular complexity index is 2390. The highest BCUT2D eigenvalue weighted by atomic mass is 15.1. The molecule has 2 nitrogen and oxygen atoms in total. The fraction of sp³-hybridized carbons (Fsp3) is 0.185. The van der Waals surface area contributed by atoms with Gasteiger partial charge in [0.2, 0.25) is 0 Å². The van der Waals surface area contributed by atoms with Crippen LogP contribution in [0.1, 0.15) is 59.8 Å². The lowest BCUT2D eigenvalue weighted by molar-refractivity contribution is 0.540. The molecule has 1 aromatic heterocycles. The summed E-state index contributed by atoms with van der Waals surface area (Å²) in [5.41, 5.74) is 15.0. The van der Waals surface area contributed by atoms with Crippen LogP contribution < -0.4 is 4.90 Å². The molecule has 6 aromatic carbocycles. The zero-order valence-electron chi connectivity index (χ0n) is 33.4. The van der Waals surface area contributed by atoms with E-state index in [4.69, 9.17) is 0 Å². The van der Waals surface area contributed by atoms with Crippen LogP contribution in [-0.4, -0.2) is 4.57 Å². The third kappa shape index (κ3) is 8.26. The van der Waals surface area contributed by atoms with Crippen molar-refractivity contribution in [3.05, 3.63) is 199 Å². The molecule has 2 aliphatic rings. The van der Waals surface area contributed by atoms with Crippen LogP contribution in [0.5, 0.6) is 0 Å². The Hall–Kier alpha value is -6.12. The Morgan fingerprint density at radius 2 is 1.05 bits per heavy atom. The van der Waals surface area contributed by atoms with E-state index in [1.807, 2.05) is 27.7 Å². The van der Waals surface area contributed by atoms with Crippen molar-refractivity contribution < 1.29 is 0 Å². The molecule has 0 aliphatic heterocycles. The molecule has 0 fully saturated rings. The summed E-state index contributed by atoms with van der Waals surface area (Å²) in [5.74, 6) is 0.613. The molecule has 2 aliphatic carbocycles. The van der Waals surface area contributed by atoms with Gasteiger partial charge in [0.05, 0.1) is 11.2 Å². The Labute approximate surface area is 334 Å². The van der Waals surface area contributed by atoms with Crippen LogP contribution in [0.25, 0.3) is 50.1 Å². The molecule has 0 amide bonds. The molecule has 2 heteroatoms. The maximum atomic E-state index is 2.49. The molecule has 56 heavy (non-hydrogen) atoms. The van der Waals surface area contributed by atoms with E-state index in [9.17, 15) is 0 Å². The van der Waals surface area contributed by atoms with E-state index in [2.05, 4.69) is 198 Å². The topological polar surface area (TPSA) is 8.17 Å². The van der Waals surface area contributed by atoms with Gasteiger partial charge in [-0.25, -0.2) is 0 Å². The molecule has 1 atom stereocenters. The monoisotopic (exact) mass is 730 g/mol. The molecule has 9 rings (SSSR count). The number of hydrogen-bond donors (Lipinski definition) is 0. The lowest BCUT2D eigenvalue weighted by Gasteiger charge is -2.33. The Balaban J connectivity index is 0.00000117. The summed E-state index contributed by atoms with van der Waals surface area (Å²) < 4.78 is 2.37. The third-order valence-corrected chi connectivity index (χ3v) is 10.8. The van der Waals surface area contributed by atoms with Gasteiger partial charge in [0.15, 0.2) is 0 Å². The largest absolute Gasteiger partial charge is 0.315 e. The number of fused-ring (bicyclic) bond motifs is 1. The molecule has 0 radical (unpaired) electrons. The number of para-hydroxylation sites is 2. The zero-order chi connectivity index (χ0) is 38.7. The number of benzene rings is 6. The van der Waals surface area contributed by atoms with Gasteiger partial charge in [0.1, 0.15) is 0 Å². The summed E-state index contributed by atoms with van der Waals surface area (Å²) >= 11 is 0. The van der Waals surface area contributed by atoms with Gasteiger partial charge in [-0.05, 0) is 120 Å². The van der Waals surface area contributed by atoms with E-state index in [-0.39, 0.29) is 0 Å². The first-order valence-corrected chi connectivity index (χ1v) is 20.7. The van der Waals surface area contributed by atoms with Crippen LogP contribution in [0, 0.1) is 5.92 Å². The Kier molecular flexibility index (Phi) is 12.6. The van der Waals surface area contributed by atoms with Gasteiger partial charge in [-0.2, -0.15) is 0 Å². The number of allylic oxidation sites excluding steroid dienone is 6.